The first-order valence-electron chi connectivity index (χ1n) is 8.82. The zero-order valence-electron chi connectivity index (χ0n) is 14.8. The molecule has 0 radical (unpaired) electrons. The summed E-state index contributed by atoms with van der Waals surface area (Å²) in [6.07, 6.45) is -0.445. The van der Waals surface area contributed by atoms with Crippen molar-refractivity contribution in [3.63, 3.8) is 0 Å². The van der Waals surface area contributed by atoms with E-state index >= 15 is 0 Å². The van der Waals surface area contributed by atoms with Crippen LogP contribution in [0.2, 0.25) is 0 Å². The lowest BCUT2D eigenvalue weighted by Crippen LogP contribution is -2.39. The molecule has 3 N–H and O–H groups in total. The molecule has 0 bridgehead atoms. The molecule has 0 aliphatic carbocycles. The molecule has 0 atom stereocenters. The normalized spacial score (nSPS) is 15.8. The summed E-state index contributed by atoms with van der Waals surface area (Å²) in [5, 5.41) is 4.21. The van der Waals surface area contributed by atoms with Crippen molar-refractivity contribution < 1.29 is 13.2 Å². The molecule has 0 saturated carbocycles. The van der Waals surface area contributed by atoms with E-state index in [-0.39, 0.29) is 6.04 Å². The van der Waals surface area contributed by atoms with Gasteiger partial charge in [-0.1, -0.05) is 0 Å². The standard InChI is InChI=1S/C18H18F3N7/c19-18(20,21)11-1-4-15(23-9-11)28-7-5-12(6-8-28)26-16-13-2-3-14(22)27-17(13)25-10-24-16/h1-4,9-10,12H,5-8H2,(H3,22,24,25,26,27). The van der Waals surface area contributed by atoms with Crippen molar-refractivity contribution in [3.05, 3.63) is 42.4 Å². The molecule has 1 aliphatic heterocycles. The predicted molar refractivity (Wildman–Crippen MR) is 99.8 cm³/mol. The number of nitrogens with zero attached hydrogens (tertiary/aromatic N) is 5. The van der Waals surface area contributed by atoms with Crippen LogP contribution in [0, 0.1) is 0 Å². The molecule has 4 heterocycles. The highest BCUT2D eigenvalue weighted by Gasteiger charge is 2.31. The second-order valence-corrected chi connectivity index (χ2v) is 6.64. The molecule has 3 aromatic heterocycles. The van der Waals surface area contributed by atoms with E-state index in [1.165, 1.54) is 12.4 Å². The number of hydrogen-bond donors (Lipinski definition) is 2. The molecule has 0 spiro atoms. The van der Waals surface area contributed by atoms with Crippen molar-refractivity contribution in [2.24, 2.45) is 0 Å². The topological polar surface area (TPSA) is 92.8 Å². The van der Waals surface area contributed by atoms with Crippen LogP contribution in [-0.4, -0.2) is 39.1 Å². The van der Waals surface area contributed by atoms with Crippen molar-refractivity contribution in [2.75, 3.05) is 29.0 Å². The minimum atomic E-state index is -4.37. The zero-order chi connectivity index (χ0) is 19.7. The van der Waals surface area contributed by atoms with Crippen molar-refractivity contribution in [1.82, 2.24) is 19.9 Å². The highest BCUT2D eigenvalue weighted by atomic mass is 19.4. The third-order valence-corrected chi connectivity index (χ3v) is 4.75. The fraction of sp³-hybridized carbons (Fsp3) is 0.333. The van der Waals surface area contributed by atoms with Crippen molar-refractivity contribution in [2.45, 2.75) is 25.1 Å². The van der Waals surface area contributed by atoms with E-state index < -0.39 is 11.7 Å². The Kier molecular flexibility index (Phi) is 4.62. The maximum absolute atomic E-state index is 12.7. The largest absolute Gasteiger partial charge is 0.417 e. The number of pyridine rings is 2. The fourth-order valence-corrected chi connectivity index (χ4v) is 3.26. The van der Waals surface area contributed by atoms with Gasteiger partial charge in [0, 0.05) is 25.3 Å². The number of rotatable bonds is 3. The molecule has 146 valence electrons. The van der Waals surface area contributed by atoms with Crippen LogP contribution in [0.1, 0.15) is 18.4 Å². The Morgan fingerprint density at radius 1 is 1.04 bits per heavy atom. The Morgan fingerprint density at radius 2 is 1.82 bits per heavy atom. The molecule has 1 saturated heterocycles. The number of anilines is 3. The summed E-state index contributed by atoms with van der Waals surface area (Å²) in [6, 6.07) is 6.21. The number of nitrogens with one attached hydrogen (secondary N) is 1. The maximum atomic E-state index is 12.7. The van der Waals surface area contributed by atoms with E-state index in [0.717, 1.165) is 30.5 Å². The number of hydrogen-bond acceptors (Lipinski definition) is 7. The Balaban J connectivity index is 1.41. The van der Waals surface area contributed by atoms with Gasteiger partial charge in [-0.15, -0.1) is 0 Å². The highest BCUT2D eigenvalue weighted by Crippen LogP contribution is 2.30. The molecule has 3 aromatic rings. The number of alkyl halides is 3. The summed E-state index contributed by atoms with van der Waals surface area (Å²) in [5.41, 5.74) is 5.49. The molecule has 0 aromatic carbocycles. The second-order valence-electron chi connectivity index (χ2n) is 6.64. The molecule has 28 heavy (non-hydrogen) atoms. The second kappa shape index (κ2) is 7.10. The van der Waals surface area contributed by atoms with Crippen molar-refractivity contribution in [3.8, 4) is 0 Å². The van der Waals surface area contributed by atoms with E-state index in [0.29, 0.717) is 36.2 Å². The fourth-order valence-electron chi connectivity index (χ4n) is 3.26. The van der Waals surface area contributed by atoms with E-state index in [2.05, 4.69) is 25.3 Å². The molecule has 0 amide bonds. The molecule has 7 nitrogen and oxygen atoms in total. The molecular formula is C18H18F3N7. The predicted octanol–water partition coefficient (Wildman–Crippen LogP) is 3.10. The minimum Gasteiger partial charge on any atom is -0.384 e. The Labute approximate surface area is 158 Å². The number of fused-ring (bicyclic) bond motifs is 1. The summed E-state index contributed by atoms with van der Waals surface area (Å²) in [6.45, 7) is 1.37. The van der Waals surface area contributed by atoms with Gasteiger partial charge in [0.2, 0.25) is 0 Å². The van der Waals surface area contributed by atoms with Gasteiger partial charge in [0.05, 0.1) is 10.9 Å². The van der Waals surface area contributed by atoms with Crippen molar-refractivity contribution >= 4 is 28.5 Å². The first-order valence-corrected chi connectivity index (χ1v) is 8.82. The van der Waals surface area contributed by atoms with Crippen LogP contribution in [0.3, 0.4) is 0 Å². The highest BCUT2D eigenvalue weighted by molar-refractivity contribution is 5.87. The van der Waals surface area contributed by atoms with E-state index in [1.54, 1.807) is 6.07 Å². The first kappa shape index (κ1) is 18.2. The van der Waals surface area contributed by atoms with Gasteiger partial charge in [-0.3, -0.25) is 0 Å². The molecular weight excluding hydrogens is 371 g/mol. The zero-order valence-corrected chi connectivity index (χ0v) is 14.8. The molecule has 1 fully saturated rings. The smallest absolute Gasteiger partial charge is 0.384 e. The van der Waals surface area contributed by atoms with Crippen molar-refractivity contribution in [1.29, 1.82) is 0 Å². The SMILES string of the molecule is Nc1ccc2c(NC3CCN(c4ccc(C(F)(F)F)cn4)CC3)ncnc2n1. The number of aromatic nitrogens is 4. The number of nitrogen functional groups attached to an aromatic ring is 1. The third-order valence-electron chi connectivity index (χ3n) is 4.75. The summed E-state index contributed by atoms with van der Waals surface area (Å²) in [4.78, 5) is 18.6. The van der Waals surface area contributed by atoms with Gasteiger partial charge >= 0.3 is 6.18 Å². The van der Waals surface area contributed by atoms with Gasteiger partial charge in [-0.2, -0.15) is 13.2 Å². The number of halogens is 3. The Hall–Kier alpha value is -3.17. The summed E-state index contributed by atoms with van der Waals surface area (Å²) < 4.78 is 38.0. The lowest BCUT2D eigenvalue weighted by molar-refractivity contribution is -0.137. The third kappa shape index (κ3) is 3.75. The van der Waals surface area contributed by atoms with E-state index in [9.17, 15) is 13.2 Å². The molecule has 0 unspecified atom stereocenters. The quantitative estimate of drug-likeness (QED) is 0.711. The molecule has 1 aliphatic rings. The first-order chi connectivity index (χ1) is 13.4. The summed E-state index contributed by atoms with van der Waals surface area (Å²) in [5.74, 6) is 1.65. The monoisotopic (exact) mass is 389 g/mol. The van der Waals surface area contributed by atoms with Gasteiger partial charge in [-0.05, 0) is 37.1 Å². The number of nitrogens with two attached hydrogens (primary N) is 1. The average Bonchev–Trinajstić information content (AvgIpc) is 2.68. The summed E-state index contributed by atoms with van der Waals surface area (Å²) in [7, 11) is 0. The lowest BCUT2D eigenvalue weighted by atomic mass is 10.0. The number of piperidine rings is 1. The molecule has 10 heteroatoms. The van der Waals surface area contributed by atoms with Gasteiger partial charge in [0.1, 0.15) is 23.8 Å². The van der Waals surface area contributed by atoms with E-state index in [4.69, 9.17) is 5.73 Å². The van der Waals surface area contributed by atoms with Gasteiger partial charge in [0.15, 0.2) is 5.65 Å². The van der Waals surface area contributed by atoms with Crippen LogP contribution in [0.5, 0.6) is 0 Å². The average molecular weight is 389 g/mol. The summed E-state index contributed by atoms with van der Waals surface area (Å²) >= 11 is 0. The van der Waals surface area contributed by atoms with Crippen LogP contribution in [0.25, 0.3) is 11.0 Å². The van der Waals surface area contributed by atoms with Crippen LogP contribution in [-0.2, 0) is 6.18 Å². The van der Waals surface area contributed by atoms with Crippen LogP contribution >= 0.6 is 0 Å². The van der Waals surface area contributed by atoms with Gasteiger partial charge in [-0.25, -0.2) is 19.9 Å². The Bertz CT molecular complexity index is 967. The maximum Gasteiger partial charge on any atom is 0.417 e. The van der Waals surface area contributed by atoms with Gasteiger partial charge < -0.3 is 16.0 Å². The van der Waals surface area contributed by atoms with Crippen LogP contribution in [0.4, 0.5) is 30.6 Å². The van der Waals surface area contributed by atoms with Crippen LogP contribution in [0.15, 0.2) is 36.8 Å². The minimum absolute atomic E-state index is 0.182. The van der Waals surface area contributed by atoms with E-state index in [1.807, 2.05) is 11.0 Å². The van der Waals surface area contributed by atoms with Gasteiger partial charge in [0.25, 0.3) is 0 Å². The Morgan fingerprint density at radius 3 is 2.50 bits per heavy atom. The lowest BCUT2D eigenvalue weighted by Gasteiger charge is -2.33. The van der Waals surface area contributed by atoms with Crippen LogP contribution < -0.4 is 16.0 Å². The molecule has 4 rings (SSSR count).